The van der Waals surface area contributed by atoms with Gasteiger partial charge in [0, 0.05) is 6.42 Å². The number of hydrogen-bond donors (Lipinski definition) is 3. The molecule has 1 aliphatic rings. The zero-order chi connectivity index (χ0) is 22.9. The van der Waals surface area contributed by atoms with Gasteiger partial charge < -0.3 is 20.7 Å². The number of unbranched alkanes of at least 4 members (excludes halogenated alkanes) is 2. The Balaban J connectivity index is 2.57. The van der Waals surface area contributed by atoms with Crippen LogP contribution in [-0.4, -0.2) is 54.3 Å². The molecule has 0 spiro atoms. The van der Waals surface area contributed by atoms with Gasteiger partial charge in [-0.1, -0.05) is 47.5 Å². The smallest absolute Gasteiger partial charge is 0.243 e. The van der Waals surface area contributed by atoms with Gasteiger partial charge in [0.1, 0.15) is 11.6 Å². The second-order valence-electron chi connectivity index (χ2n) is 9.10. The van der Waals surface area contributed by atoms with Crippen LogP contribution in [0.4, 0.5) is 0 Å². The zero-order valence-electron chi connectivity index (χ0n) is 19.3. The monoisotopic (exact) mass is 425 g/mol. The zero-order valence-corrected chi connectivity index (χ0v) is 19.3. The fourth-order valence-corrected chi connectivity index (χ4v) is 3.16. The van der Waals surface area contributed by atoms with Crippen molar-refractivity contribution >= 4 is 23.5 Å². The molecule has 0 bridgehead atoms. The number of epoxide rings is 1. The highest BCUT2D eigenvalue weighted by molar-refractivity contribution is 5.97. The third-order valence-electron chi connectivity index (χ3n) is 5.15. The predicted octanol–water partition coefficient (Wildman–Crippen LogP) is 1.71. The van der Waals surface area contributed by atoms with Crippen LogP contribution in [-0.2, 0) is 23.9 Å². The molecule has 8 nitrogen and oxygen atoms in total. The summed E-state index contributed by atoms with van der Waals surface area (Å²) in [5.74, 6) is -1.07. The van der Waals surface area contributed by atoms with Crippen molar-refractivity contribution in [3.63, 3.8) is 0 Å². The molecule has 1 saturated heterocycles. The maximum atomic E-state index is 12.6. The Morgan fingerprint density at radius 1 is 1.00 bits per heavy atom. The minimum absolute atomic E-state index is 0.120. The predicted molar refractivity (Wildman–Crippen MR) is 115 cm³/mol. The van der Waals surface area contributed by atoms with Crippen molar-refractivity contribution in [3.8, 4) is 0 Å². The third kappa shape index (κ3) is 8.81. The molecule has 3 amide bonds. The molecule has 1 fully saturated rings. The van der Waals surface area contributed by atoms with Gasteiger partial charge >= 0.3 is 0 Å². The number of nitrogens with one attached hydrogen (secondary N) is 3. The largest absolute Gasteiger partial charge is 0.361 e. The van der Waals surface area contributed by atoms with E-state index in [4.69, 9.17) is 4.74 Å². The van der Waals surface area contributed by atoms with Gasteiger partial charge in [0.05, 0.1) is 19.2 Å². The topological polar surface area (TPSA) is 117 Å². The van der Waals surface area contributed by atoms with Crippen molar-refractivity contribution in [1.29, 1.82) is 0 Å². The molecule has 30 heavy (non-hydrogen) atoms. The molecular weight excluding hydrogens is 386 g/mol. The standard InChI is InChI=1S/C22H39N3O5/c1-7-8-9-10-17(26)25-19(15(4)5)21(29)23-12-18(27)24-16(11-14(2)3)20(28)22(6)13-30-22/h14-16,19H,7-13H2,1-6H3,(H,23,29)(H,24,27)(H,25,26). The van der Waals surface area contributed by atoms with E-state index in [2.05, 4.69) is 22.9 Å². The maximum absolute atomic E-state index is 12.6. The molecular formula is C22H39N3O5. The van der Waals surface area contributed by atoms with E-state index in [0.717, 1.165) is 19.3 Å². The van der Waals surface area contributed by atoms with E-state index in [-0.39, 0.29) is 30.1 Å². The van der Waals surface area contributed by atoms with Crippen LogP contribution in [0.15, 0.2) is 0 Å². The fraction of sp³-hybridized carbons (Fsp3) is 0.818. The summed E-state index contributed by atoms with van der Waals surface area (Å²) in [6.45, 7) is 11.5. The highest BCUT2D eigenvalue weighted by atomic mass is 16.6. The number of hydrogen-bond acceptors (Lipinski definition) is 5. The first-order valence-electron chi connectivity index (χ1n) is 11.0. The summed E-state index contributed by atoms with van der Waals surface area (Å²) in [7, 11) is 0. The average Bonchev–Trinajstić information content (AvgIpc) is 3.41. The highest BCUT2D eigenvalue weighted by Gasteiger charge is 2.50. The SMILES string of the molecule is CCCCCC(=O)NC(C(=O)NCC(=O)NC(CC(C)C)C(=O)C1(C)CO1)C(C)C. The summed E-state index contributed by atoms with van der Waals surface area (Å²) in [5, 5.41) is 8.06. The summed E-state index contributed by atoms with van der Waals surface area (Å²) in [4.78, 5) is 49.6. The molecule has 0 saturated carbocycles. The Hall–Kier alpha value is -1.96. The van der Waals surface area contributed by atoms with Crippen molar-refractivity contribution in [3.05, 3.63) is 0 Å². The Morgan fingerprint density at radius 3 is 2.13 bits per heavy atom. The molecule has 0 aromatic heterocycles. The highest BCUT2D eigenvalue weighted by Crippen LogP contribution is 2.29. The van der Waals surface area contributed by atoms with E-state index in [0.29, 0.717) is 19.4 Å². The maximum Gasteiger partial charge on any atom is 0.243 e. The molecule has 0 radical (unpaired) electrons. The van der Waals surface area contributed by atoms with Crippen molar-refractivity contribution in [2.45, 2.75) is 91.3 Å². The van der Waals surface area contributed by atoms with Gasteiger partial charge in [0.15, 0.2) is 5.78 Å². The first-order valence-corrected chi connectivity index (χ1v) is 11.0. The molecule has 0 aliphatic carbocycles. The van der Waals surface area contributed by atoms with Crippen molar-refractivity contribution in [2.75, 3.05) is 13.2 Å². The summed E-state index contributed by atoms with van der Waals surface area (Å²) in [5.41, 5.74) is -0.819. The van der Waals surface area contributed by atoms with E-state index in [1.54, 1.807) is 6.92 Å². The van der Waals surface area contributed by atoms with Gasteiger partial charge in [0.25, 0.3) is 0 Å². The van der Waals surface area contributed by atoms with Crippen molar-refractivity contribution in [1.82, 2.24) is 16.0 Å². The van der Waals surface area contributed by atoms with E-state index in [1.165, 1.54) is 0 Å². The van der Waals surface area contributed by atoms with Gasteiger partial charge in [-0.15, -0.1) is 0 Å². The normalized spacial score (nSPS) is 19.9. The number of Topliss-reactive ketones (excluding diaryl/α,β-unsaturated/α-hetero) is 1. The second-order valence-corrected chi connectivity index (χ2v) is 9.10. The van der Waals surface area contributed by atoms with Crippen LogP contribution >= 0.6 is 0 Å². The van der Waals surface area contributed by atoms with Crippen LogP contribution < -0.4 is 16.0 Å². The van der Waals surface area contributed by atoms with E-state index in [1.807, 2.05) is 27.7 Å². The van der Waals surface area contributed by atoms with E-state index in [9.17, 15) is 19.2 Å². The summed E-state index contributed by atoms with van der Waals surface area (Å²) < 4.78 is 5.22. The Bertz CT molecular complexity index is 614. The lowest BCUT2D eigenvalue weighted by Gasteiger charge is -2.23. The molecule has 0 aromatic rings. The summed E-state index contributed by atoms with van der Waals surface area (Å²) in [6.07, 6.45) is 3.64. The first kappa shape index (κ1) is 26.1. The lowest BCUT2D eigenvalue weighted by Crippen LogP contribution is -2.53. The average molecular weight is 426 g/mol. The lowest BCUT2D eigenvalue weighted by molar-refractivity contribution is -0.133. The number of rotatable bonds is 14. The van der Waals surface area contributed by atoms with Gasteiger partial charge in [-0.2, -0.15) is 0 Å². The van der Waals surface area contributed by atoms with Crippen molar-refractivity contribution < 1.29 is 23.9 Å². The Labute approximate surface area is 180 Å². The molecule has 1 heterocycles. The molecule has 172 valence electrons. The number of ketones is 1. The third-order valence-corrected chi connectivity index (χ3v) is 5.15. The minimum Gasteiger partial charge on any atom is -0.361 e. The number of ether oxygens (including phenoxy) is 1. The number of carbonyl (C=O) groups is 4. The molecule has 1 rings (SSSR count). The molecule has 3 atom stereocenters. The first-order chi connectivity index (χ1) is 14.0. The molecule has 3 N–H and O–H groups in total. The molecule has 0 aromatic carbocycles. The molecule has 1 aliphatic heterocycles. The van der Waals surface area contributed by atoms with Crippen LogP contribution in [0.5, 0.6) is 0 Å². The van der Waals surface area contributed by atoms with Gasteiger partial charge in [-0.05, 0) is 31.6 Å². The number of amides is 3. The minimum atomic E-state index is -0.819. The molecule has 8 heteroatoms. The van der Waals surface area contributed by atoms with E-state index < -0.39 is 29.5 Å². The summed E-state index contributed by atoms with van der Waals surface area (Å²) >= 11 is 0. The fourth-order valence-electron chi connectivity index (χ4n) is 3.16. The van der Waals surface area contributed by atoms with Gasteiger partial charge in [-0.25, -0.2) is 0 Å². The summed E-state index contributed by atoms with van der Waals surface area (Å²) in [6, 6.07) is -1.36. The molecule has 3 unspecified atom stereocenters. The quantitative estimate of drug-likeness (QED) is 0.289. The van der Waals surface area contributed by atoms with Crippen LogP contribution in [0.3, 0.4) is 0 Å². The van der Waals surface area contributed by atoms with Gasteiger partial charge in [0.2, 0.25) is 17.7 Å². The van der Waals surface area contributed by atoms with Crippen LogP contribution in [0.1, 0.15) is 73.6 Å². The number of carbonyl (C=O) groups excluding carboxylic acids is 4. The Kier molecular flexibility index (Phi) is 10.5. The second kappa shape index (κ2) is 12.0. The Morgan fingerprint density at radius 2 is 1.63 bits per heavy atom. The van der Waals surface area contributed by atoms with E-state index >= 15 is 0 Å². The van der Waals surface area contributed by atoms with Crippen molar-refractivity contribution in [2.24, 2.45) is 11.8 Å². The van der Waals surface area contributed by atoms with Crippen LogP contribution in [0, 0.1) is 11.8 Å². The lowest BCUT2D eigenvalue weighted by atomic mass is 9.93. The van der Waals surface area contributed by atoms with Crippen LogP contribution in [0.25, 0.3) is 0 Å². The van der Waals surface area contributed by atoms with Gasteiger partial charge in [-0.3, -0.25) is 19.2 Å². The van der Waals surface area contributed by atoms with Crippen LogP contribution in [0.2, 0.25) is 0 Å².